The lowest BCUT2D eigenvalue weighted by Gasteiger charge is -2.41. The number of carbonyl (C=O) groups is 1. The first-order valence-corrected chi connectivity index (χ1v) is 6.03. The zero-order chi connectivity index (χ0) is 11.5. The molecule has 0 aromatic heterocycles. The quantitative estimate of drug-likeness (QED) is 0.775. The van der Waals surface area contributed by atoms with E-state index in [1.54, 1.807) is 6.92 Å². The molecule has 0 saturated carbocycles. The van der Waals surface area contributed by atoms with Crippen LogP contribution in [0, 0.1) is 5.41 Å². The molecule has 0 aromatic carbocycles. The molecule has 1 unspecified atom stereocenters. The molecule has 1 fully saturated rings. The SMILES string of the molecule is CCCC1(C)CCCN(C(=O)[C@H](C)N)C1. The van der Waals surface area contributed by atoms with Crippen molar-refractivity contribution in [1.82, 2.24) is 4.90 Å². The Balaban J connectivity index is 2.59. The lowest BCUT2D eigenvalue weighted by Crippen LogP contribution is -2.49. The smallest absolute Gasteiger partial charge is 0.239 e. The summed E-state index contributed by atoms with van der Waals surface area (Å²) in [5.74, 6) is 0.108. The minimum absolute atomic E-state index is 0.108. The highest BCUT2D eigenvalue weighted by atomic mass is 16.2. The average molecular weight is 212 g/mol. The summed E-state index contributed by atoms with van der Waals surface area (Å²) in [6, 6.07) is -0.353. The predicted molar refractivity (Wildman–Crippen MR) is 62.5 cm³/mol. The van der Waals surface area contributed by atoms with Crippen molar-refractivity contribution in [2.45, 2.75) is 52.5 Å². The van der Waals surface area contributed by atoms with Crippen molar-refractivity contribution in [1.29, 1.82) is 0 Å². The van der Waals surface area contributed by atoms with E-state index in [4.69, 9.17) is 5.73 Å². The van der Waals surface area contributed by atoms with Gasteiger partial charge in [-0.05, 0) is 31.6 Å². The number of rotatable bonds is 3. The van der Waals surface area contributed by atoms with Crippen LogP contribution >= 0.6 is 0 Å². The minimum atomic E-state index is -0.353. The van der Waals surface area contributed by atoms with Crippen molar-refractivity contribution in [3.63, 3.8) is 0 Å². The van der Waals surface area contributed by atoms with E-state index in [9.17, 15) is 4.79 Å². The second-order valence-corrected chi connectivity index (χ2v) is 5.21. The van der Waals surface area contributed by atoms with Gasteiger partial charge in [-0.25, -0.2) is 0 Å². The molecule has 88 valence electrons. The Morgan fingerprint density at radius 3 is 2.80 bits per heavy atom. The fourth-order valence-electron chi connectivity index (χ4n) is 2.60. The monoisotopic (exact) mass is 212 g/mol. The lowest BCUT2D eigenvalue weighted by molar-refractivity contribution is -0.135. The molecule has 0 bridgehead atoms. The summed E-state index contributed by atoms with van der Waals surface area (Å²) < 4.78 is 0. The predicted octanol–water partition coefficient (Wildman–Crippen LogP) is 1.76. The van der Waals surface area contributed by atoms with Gasteiger partial charge in [-0.2, -0.15) is 0 Å². The van der Waals surface area contributed by atoms with Gasteiger partial charge in [-0.15, -0.1) is 0 Å². The molecule has 0 aromatic rings. The van der Waals surface area contributed by atoms with Gasteiger partial charge in [-0.3, -0.25) is 4.79 Å². The first-order valence-electron chi connectivity index (χ1n) is 6.03. The van der Waals surface area contributed by atoms with Crippen molar-refractivity contribution >= 4 is 5.91 Å². The van der Waals surface area contributed by atoms with Gasteiger partial charge < -0.3 is 10.6 Å². The van der Waals surface area contributed by atoms with E-state index in [2.05, 4.69) is 13.8 Å². The third kappa shape index (κ3) is 3.20. The standard InChI is InChI=1S/C12H24N2O/c1-4-6-12(3)7-5-8-14(9-12)11(15)10(2)13/h10H,4-9,13H2,1-3H3/t10-,12?/m0/s1. The highest BCUT2D eigenvalue weighted by Crippen LogP contribution is 2.33. The van der Waals surface area contributed by atoms with Gasteiger partial charge in [0.2, 0.25) is 5.91 Å². The van der Waals surface area contributed by atoms with E-state index >= 15 is 0 Å². The number of piperidine rings is 1. The molecule has 1 amide bonds. The largest absolute Gasteiger partial charge is 0.341 e. The summed E-state index contributed by atoms with van der Waals surface area (Å²) in [6.07, 6.45) is 4.75. The number of hydrogen-bond acceptors (Lipinski definition) is 2. The third-order valence-electron chi connectivity index (χ3n) is 3.34. The fourth-order valence-corrected chi connectivity index (χ4v) is 2.60. The van der Waals surface area contributed by atoms with E-state index in [-0.39, 0.29) is 11.9 Å². The van der Waals surface area contributed by atoms with Crippen LogP contribution < -0.4 is 5.73 Å². The van der Waals surface area contributed by atoms with E-state index in [0.717, 1.165) is 19.5 Å². The van der Waals surface area contributed by atoms with Gasteiger partial charge in [0.1, 0.15) is 0 Å². The Labute approximate surface area is 93.0 Å². The topological polar surface area (TPSA) is 46.3 Å². The van der Waals surface area contributed by atoms with Crippen LogP contribution in [0.2, 0.25) is 0 Å². The van der Waals surface area contributed by atoms with E-state index in [1.165, 1.54) is 19.3 Å². The maximum Gasteiger partial charge on any atom is 0.239 e. The molecule has 1 aliphatic heterocycles. The second-order valence-electron chi connectivity index (χ2n) is 5.21. The summed E-state index contributed by atoms with van der Waals surface area (Å²) in [5.41, 5.74) is 5.96. The van der Waals surface area contributed by atoms with Crippen LogP contribution in [0.1, 0.15) is 46.5 Å². The Morgan fingerprint density at radius 2 is 2.27 bits per heavy atom. The minimum Gasteiger partial charge on any atom is -0.341 e. The van der Waals surface area contributed by atoms with Crippen molar-refractivity contribution in [3.8, 4) is 0 Å². The summed E-state index contributed by atoms with van der Waals surface area (Å²) >= 11 is 0. The Hall–Kier alpha value is -0.570. The molecular formula is C12H24N2O. The molecule has 2 atom stereocenters. The van der Waals surface area contributed by atoms with E-state index in [1.807, 2.05) is 4.90 Å². The molecule has 1 aliphatic rings. The number of carbonyl (C=O) groups excluding carboxylic acids is 1. The zero-order valence-electron chi connectivity index (χ0n) is 10.3. The van der Waals surface area contributed by atoms with Crippen LogP contribution in [0.5, 0.6) is 0 Å². The lowest BCUT2D eigenvalue weighted by atomic mass is 9.78. The molecular weight excluding hydrogens is 188 g/mol. The number of likely N-dealkylation sites (tertiary alicyclic amines) is 1. The van der Waals surface area contributed by atoms with Crippen molar-refractivity contribution in [2.75, 3.05) is 13.1 Å². The second kappa shape index (κ2) is 4.97. The number of nitrogens with zero attached hydrogens (tertiary/aromatic N) is 1. The molecule has 0 aliphatic carbocycles. The highest BCUT2D eigenvalue weighted by molar-refractivity contribution is 5.81. The summed E-state index contributed by atoms with van der Waals surface area (Å²) in [4.78, 5) is 13.7. The van der Waals surface area contributed by atoms with Gasteiger partial charge in [0, 0.05) is 13.1 Å². The third-order valence-corrected chi connectivity index (χ3v) is 3.34. The maximum absolute atomic E-state index is 11.8. The van der Waals surface area contributed by atoms with Crippen LogP contribution in [-0.4, -0.2) is 29.9 Å². The highest BCUT2D eigenvalue weighted by Gasteiger charge is 2.32. The van der Waals surface area contributed by atoms with Crippen LogP contribution in [0.4, 0.5) is 0 Å². The molecule has 0 spiro atoms. The Morgan fingerprint density at radius 1 is 1.60 bits per heavy atom. The summed E-state index contributed by atoms with van der Waals surface area (Å²) in [6.45, 7) is 8.05. The molecule has 3 nitrogen and oxygen atoms in total. The number of nitrogens with two attached hydrogens (primary N) is 1. The van der Waals surface area contributed by atoms with E-state index < -0.39 is 0 Å². The number of hydrogen-bond donors (Lipinski definition) is 1. The Kier molecular flexibility index (Phi) is 4.14. The molecule has 0 radical (unpaired) electrons. The maximum atomic E-state index is 11.8. The van der Waals surface area contributed by atoms with Crippen molar-refractivity contribution < 1.29 is 4.79 Å². The summed E-state index contributed by atoms with van der Waals surface area (Å²) in [5, 5.41) is 0. The van der Waals surface area contributed by atoms with Gasteiger partial charge >= 0.3 is 0 Å². The molecule has 2 N–H and O–H groups in total. The molecule has 1 rings (SSSR count). The zero-order valence-corrected chi connectivity index (χ0v) is 10.3. The summed E-state index contributed by atoms with van der Waals surface area (Å²) in [7, 11) is 0. The molecule has 15 heavy (non-hydrogen) atoms. The molecule has 1 heterocycles. The van der Waals surface area contributed by atoms with Gasteiger partial charge in [0.25, 0.3) is 0 Å². The molecule has 1 saturated heterocycles. The molecule has 3 heteroatoms. The first-order chi connectivity index (χ1) is 6.98. The van der Waals surface area contributed by atoms with Gasteiger partial charge in [-0.1, -0.05) is 20.3 Å². The van der Waals surface area contributed by atoms with Crippen LogP contribution in [0.25, 0.3) is 0 Å². The van der Waals surface area contributed by atoms with E-state index in [0.29, 0.717) is 5.41 Å². The first kappa shape index (κ1) is 12.5. The Bertz CT molecular complexity index is 224. The average Bonchev–Trinajstić information content (AvgIpc) is 2.16. The van der Waals surface area contributed by atoms with Crippen LogP contribution in [0.15, 0.2) is 0 Å². The number of amides is 1. The van der Waals surface area contributed by atoms with Crippen LogP contribution in [0.3, 0.4) is 0 Å². The van der Waals surface area contributed by atoms with Gasteiger partial charge in [0.15, 0.2) is 0 Å². The van der Waals surface area contributed by atoms with Gasteiger partial charge in [0.05, 0.1) is 6.04 Å². The fraction of sp³-hybridized carbons (Fsp3) is 0.917. The van der Waals surface area contributed by atoms with Crippen LogP contribution in [-0.2, 0) is 4.79 Å². The van der Waals surface area contributed by atoms with Crippen molar-refractivity contribution in [3.05, 3.63) is 0 Å². The normalized spacial score (nSPS) is 28.9. The van der Waals surface area contributed by atoms with Crippen molar-refractivity contribution in [2.24, 2.45) is 11.1 Å².